The van der Waals surface area contributed by atoms with E-state index < -0.39 is 17.5 Å². The number of ether oxygens (including phenoxy) is 1. The molecule has 4 heteroatoms. The van der Waals surface area contributed by atoms with Crippen molar-refractivity contribution in [2.45, 2.75) is 51.0 Å². The number of aliphatic hydroxyl groups is 1. The van der Waals surface area contributed by atoms with Crippen LogP contribution in [0.1, 0.15) is 45.4 Å². The first-order valence-electron chi connectivity index (χ1n) is 5.06. The van der Waals surface area contributed by atoms with Crippen molar-refractivity contribution in [1.29, 1.82) is 0 Å². The molecule has 1 heterocycles. The third-order valence-electron chi connectivity index (χ3n) is 2.47. The maximum absolute atomic E-state index is 11.1. The molecule has 0 aromatic heterocycles. The monoisotopic (exact) mass is 200 g/mol. The van der Waals surface area contributed by atoms with E-state index in [2.05, 4.69) is 11.7 Å². The van der Waals surface area contributed by atoms with Crippen LogP contribution in [0, 0.1) is 0 Å². The first-order valence-corrected chi connectivity index (χ1v) is 5.06. The van der Waals surface area contributed by atoms with Crippen LogP contribution in [0.5, 0.6) is 0 Å². The summed E-state index contributed by atoms with van der Waals surface area (Å²) in [6, 6.07) is 0. The predicted molar refractivity (Wildman–Crippen MR) is 49.4 cm³/mol. The molecule has 0 aliphatic carbocycles. The Hall–Kier alpha value is -0.900. The summed E-state index contributed by atoms with van der Waals surface area (Å²) in [5.41, 5.74) is -1.54. The minimum atomic E-state index is -1.54. The second-order valence-electron chi connectivity index (χ2n) is 3.78. The second kappa shape index (κ2) is 4.55. The fourth-order valence-corrected chi connectivity index (χ4v) is 1.58. The standard InChI is InChI=1S/C10H16O4/c1-2-3-4-5-6-10(13)7-8(11)14-9(10)12/h13H,2-7H2,1H3. The van der Waals surface area contributed by atoms with Gasteiger partial charge in [0.05, 0.1) is 6.42 Å². The van der Waals surface area contributed by atoms with Crippen molar-refractivity contribution < 1.29 is 19.4 Å². The van der Waals surface area contributed by atoms with Gasteiger partial charge in [-0.05, 0) is 12.8 Å². The van der Waals surface area contributed by atoms with Gasteiger partial charge >= 0.3 is 11.9 Å². The van der Waals surface area contributed by atoms with Crippen LogP contribution in [-0.2, 0) is 14.3 Å². The number of hydrogen-bond donors (Lipinski definition) is 1. The van der Waals surface area contributed by atoms with Gasteiger partial charge in [0.25, 0.3) is 0 Å². The molecule has 80 valence electrons. The van der Waals surface area contributed by atoms with Crippen LogP contribution in [0.4, 0.5) is 0 Å². The van der Waals surface area contributed by atoms with E-state index in [1.54, 1.807) is 0 Å². The van der Waals surface area contributed by atoms with Crippen molar-refractivity contribution in [2.24, 2.45) is 0 Å². The van der Waals surface area contributed by atoms with E-state index >= 15 is 0 Å². The summed E-state index contributed by atoms with van der Waals surface area (Å²) in [6.07, 6.45) is 4.06. The van der Waals surface area contributed by atoms with Crippen LogP contribution in [0.3, 0.4) is 0 Å². The lowest BCUT2D eigenvalue weighted by atomic mass is 9.94. The van der Waals surface area contributed by atoms with E-state index in [0.29, 0.717) is 6.42 Å². The molecule has 0 radical (unpaired) electrons. The van der Waals surface area contributed by atoms with Crippen LogP contribution >= 0.6 is 0 Å². The van der Waals surface area contributed by atoms with Crippen LogP contribution in [0.2, 0.25) is 0 Å². The number of carbonyl (C=O) groups is 2. The Morgan fingerprint density at radius 3 is 2.57 bits per heavy atom. The molecular weight excluding hydrogens is 184 g/mol. The predicted octanol–water partition coefficient (Wildman–Crippen LogP) is 1.16. The van der Waals surface area contributed by atoms with Crippen LogP contribution in [-0.4, -0.2) is 22.6 Å². The van der Waals surface area contributed by atoms with Gasteiger partial charge in [0.15, 0.2) is 5.60 Å². The third kappa shape index (κ3) is 2.54. The van der Waals surface area contributed by atoms with Crippen molar-refractivity contribution in [3.05, 3.63) is 0 Å². The van der Waals surface area contributed by atoms with Crippen molar-refractivity contribution >= 4 is 11.9 Å². The maximum Gasteiger partial charge on any atom is 0.346 e. The number of carbonyl (C=O) groups excluding carboxylic acids is 2. The molecule has 0 bridgehead atoms. The highest BCUT2D eigenvalue weighted by Gasteiger charge is 2.46. The highest BCUT2D eigenvalue weighted by molar-refractivity contribution is 5.99. The number of cyclic esters (lactones) is 2. The largest absolute Gasteiger partial charge is 0.391 e. The Morgan fingerprint density at radius 2 is 2.07 bits per heavy atom. The normalized spacial score (nSPS) is 26.7. The fourth-order valence-electron chi connectivity index (χ4n) is 1.58. The molecule has 0 amide bonds. The smallest absolute Gasteiger partial charge is 0.346 e. The molecule has 1 fully saturated rings. The van der Waals surface area contributed by atoms with Gasteiger partial charge in [0, 0.05) is 0 Å². The average Bonchev–Trinajstić information content (AvgIpc) is 2.36. The Bertz CT molecular complexity index is 236. The van der Waals surface area contributed by atoms with Gasteiger partial charge in [0.1, 0.15) is 0 Å². The summed E-state index contributed by atoms with van der Waals surface area (Å²) in [4.78, 5) is 21.8. The molecule has 1 aliphatic rings. The van der Waals surface area contributed by atoms with Gasteiger partial charge in [-0.25, -0.2) is 4.79 Å². The average molecular weight is 200 g/mol. The van der Waals surface area contributed by atoms with E-state index in [4.69, 9.17) is 0 Å². The number of unbranched alkanes of at least 4 members (excludes halogenated alkanes) is 3. The first kappa shape index (κ1) is 11.2. The quantitative estimate of drug-likeness (QED) is 0.411. The SMILES string of the molecule is CCCCCCC1(O)CC(=O)OC1=O. The summed E-state index contributed by atoms with van der Waals surface area (Å²) in [5.74, 6) is -1.40. The van der Waals surface area contributed by atoms with E-state index in [1.165, 1.54) is 0 Å². The molecule has 4 nitrogen and oxygen atoms in total. The van der Waals surface area contributed by atoms with E-state index in [9.17, 15) is 14.7 Å². The summed E-state index contributed by atoms with van der Waals surface area (Å²) in [6.45, 7) is 2.09. The molecule has 1 saturated heterocycles. The number of esters is 2. The summed E-state index contributed by atoms with van der Waals surface area (Å²) in [5, 5.41) is 9.73. The Labute approximate surface area is 83.2 Å². The van der Waals surface area contributed by atoms with E-state index in [0.717, 1.165) is 25.7 Å². The van der Waals surface area contributed by atoms with Crippen molar-refractivity contribution in [3.8, 4) is 0 Å². The first-order chi connectivity index (χ1) is 6.58. The molecular formula is C10H16O4. The molecule has 0 aromatic carbocycles. The molecule has 1 unspecified atom stereocenters. The van der Waals surface area contributed by atoms with E-state index in [-0.39, 0.29) is 6.42 Å². The minimum absolute atomic E-state index is 0.183. The van der Waals surface area contributed by atoms with Crippen LogP contribution in [0.25, 0.3) is 0 Å². The van der Waals surface area contributed by atoms with Crippen molar-refractivity contribution in [3.63, 3.8) is 0 Å². The second-order valence-corrected chi connectivity index (χ2v) is 3.78. The Morgan fingerprint density at radius 1 is 1.36 bits per heavy atom. The van der Waals surface area contributed by atoms with Gasteiger partial charge in [-0.1, -0.05) is 26.2 Å². The zero-order valence-corrected chi connectivity index (χ0v) is 8.41. The topological polar surface area (TPSA) is 63.6 Å². The van der Waals surface area contributed by atoms with Gasteiger partial charge in [-0.15, -0.1) is 0 Å². The van der Waals surface area contributed by atoms with Crippen LogP contribution < -0.4 is 0 Å². The molecule has 1 aliphatic heterocycles. The lowest BCUT2D eigenvalue weighted by molar-refractivity contribution is -0.159. The van der Waals surface area contributed by atoms with Gasteiger partial charge in [-0.2, -0.15) is 0 Å². The Balaban J connectivity index is 2.35. The lowest BCUT2D eigenvalue weighted by Gasteiger charge is -2.15. The van der Waals surface area contributed by atoms with E-state index in [1.807, 2.05) is 0 Å². The lowest BCUT2D eigenvalue weighted by Crippen LogP contribution is -2.33. The fraction of sp³-hybridized carbons (Fsp3) is 0.800. The minimum Gasteiger partial charge on any atom is -0.391 e. The summed E-state index contributed by atoms with van der Waals surface area (Å²) >= 11 is 0. The van der Waals surface area contributed by atoms with Crippen molar-refractivity contribution in [1.82, 2.24) is 0 Å². The van der Waals surface area contributed by atoms with Crippen molar-refractivity contribution in [2.75, 3.05) is 0 Å². The number of rotatable bonds is 5. The molecule has 1 N–H and O–H groups in total. The molecule has 0 aromatic rings. The van der Waals surface area contributed by atoms with Crippen LogP contribution in [0.15, 0.2) is 0 Å². The molecule has 1 rings (SSSR count). The van der Waals surface area contributed by atoms with Gasteiger partial charge < -0.3 is 9.84 Å². The zero-order chi connectivity index (χ0) is 10.6. The third-order valence-corrected chi connectivity index (χ3v) is 2.47. The highest BCUT2D eigenvalue weighted by atomic mass is 16.6. The summed E-state index contributed by atoms with van der Waals surface area (Å²) < 4.78 is 4.31. The highest BCUT2D eigenvalue weighted by Crippen LogP contribution is 2.27. The molecule has 0 spiro atoms. The molecule has 0 saturated carbocycles. The maximum atomic E-state index is 11.1. The Kier molecular flexibility index (Phi) is 3.63. The molecule has 14 heavy (non-hydrogen) atoms. The van der Waals surface area contributed by atoms with Gasteiger partial charge in [0.2, 0.25) is 0 Å². The zero-order valence-electron chi connectivity index (χ0n) is 8.41. The van der Waals surface area contributed by atoms with Gasteiger partial charge in [-0.3, -0.25) is 4.79 Å². The molecule has 1 atom stereocenters. The number of hydrogen-bond acceptors (Lipinski definition) is 4. The summed E-state index contributed by atoms with van der Waals surface area (Å²) in [7, 11) is 0.